The number of rotatable bonds is 7. The zero-order valence-corrected chi connectivity index (χ0v) is 14.5. The van der Waals surface area contributed by atoms with Crippen molar-refractivity contribution < 1.29 is 4.79 Å². The van der Waals surface area contributed by atoms with Gasteiger partial charge in [-0.3, -0.25) is 4.79 Å². The second-order valence-electron chi connectivity index (χ2n) is 6.04. The predicted molar refractivity (Wildman–Crippen MR) is 96.7 cm³/mol. The number of nitrogens with zero attached hydrogens (tertiary/aromatic N) is 1. The summed E-state index contributed by atoms with van der Waals surface area (Å²) in [7, 11) is 0. The van der Waals surface area contributed by atoms with Crippen LogP contribution in [0, 0.1) is 6.92 Å². The van der Waals surface area contributed by atoms with Crippen LogP contribution in [-0.2, 0) is 4.79 Å². The molecule has 0 atom stereocenters. The molecule has 1 N–H and O–H groups in total. The van der Waals surface area contributed by atoms with Crippen molar-refractivity contribution in [3.05, 3.63) is 29.8 Å². The van der Waals surface area contributed by atoms with Gasteiger partial charge in [-0.2, -0.15) is 11.8 Å². The molecule has 1 amide bonds. The summed E-state index contributed by atoms with van der Waals surface area (Å²) in [6.07, 6.45) is 6.08. The maximum absolute atomic E-state index is 11.9. The van der Waals surface area contributed by atoms with Crippen LogP contribution < -0.4 is 5.32 Å². The molecule has 0 aromatic heterocycles. The number of anilines is 1. The summed E-state index contributed by atoms with van der Waals surface area (Å²) in [5.74, 6) is 2.16. The third-order valence-electron chi connectivity index (χ3n) is 4.03. The van der Waals surface area contributed by atoms with Crippen LogP contribution >= 0.6 is 11.8 Å². The summed E-state index contributed by atoms with van der Waals surface area (Å²) in [4.78, 5) is 14.5. The van der Waals surface area contributed by atoms with Gasteiger partial charge in [0.2, 0.25) is 5.91 Å². The Kier molecular flexibility index (Phi) is 7.81. The number of amides is 1. The SMILES string of the molecule is Cc1cccc(NC(=O)CCSCCN2CCCCCC2)c1. The van der Waals surface area contributed by atoms with Gasteiger partial charge in [0.1, 0.15) is 0 Å². The topological polar surface area (TPSA) is 32.3 Å². The Bertz CT molecular complexity index is 456. The van der Waals surface area contributed by atoms with E-state index in [9.17, 15) is 4.79 Å². The Hall–Kier alpha value is -1.00. The smallest absolute Gasteiger partial charge is 0.225 e. The summed E-state index contributed by atoms with van der Waals surface area (Å²) in [5, 5.41) is 2.97. The number of carbonyl (C=O) groups is 1. The van der Waals surface area contributed by atoms with Crippen molar-refractivity contribution in [2.45, 2.75) is 39.0 Å². The minimum Gasteiger partial charge on any atom is -0.326 e. The fourth-order valence-electron chi connectivity index (χ4n) is 2.77. The van der Waals surface area contributed by atoms with Gasteiger partial charge in [-0.25, -0.2) is 0 Å². The quantitative estimate of drug-likeness (QED) is 0.773. The van der Waals surface area contributed by atoms with Gasteiger partial charge in [0.25, 0.3) is 0 Å². The van der Waals surface area contributed by atoms with Crippen molar-refractivity contribution in [3.8, 4) is 0 Å². The summed E-state index contributed by atoms with van der Waals surface area (Å²) < 4.78 is 0. The molecule has 22 heavy (non-hydrogen) atoms. The molecule has 1 aliphatic heterocycles. The van der Waals surface area contributed by atoms with Crippen molar-refractivity contribution in [1.29, 1.82) is 0 Å². The van der Waals surface area contributed by atoms with Crippen molar-refractivity contribution in [1.82, 2.24) is 4.90 Å². The van der Waals surface area contributed by atoms with Crippen molar-refractivity contribution in [3.63, 3.8) is 0 Å². The van der Waals surface area contributed by atoms with E-state index in [1.165, 1.54) is 50.9 Å². The van der Waals surface area contributed by atoms with E-state index in [1.54, 1.807) is 0 Å². The Morgan fingerprint density at radius 3 is 2.68 bits per heavy atom. The van der Waals surface area contributed by atoms with Gasteiger partial charge < -0.3 is 10.2 Å². The monoisotopic (exact) mass is 320 g/mol. The maximum atomic E-state index is 11.9. The lowest BCUT2D eigenvalue weighted by Gasteiger charge is -2.19. The predicted octanol–water partition coefficient (Wildman–Crippen LogP) is 3.93. The third-order valence-corrected chi connectivity index (χ3v) is 4.99. The average Bonchev–Trinajstić information content (AvgIpc) is 2.75. The molecule has 2 rings (SSSR count). The van der Waals surface area contributed by atoms with Crippen LogP contribution in [0.15, 0.2) is 24.3 Å². The second-order valence-corrected chi connectivity index (χ2v) is 7.26. The molecule has 122 valence electrons. The van der Waals surface area contributed by atoms with Gasteiger partial charge in [0.05, 0.1) is 0 Å². The number of carbonyl (C=O) groups excluding carboxylic acids is 1. The minimum atomic E-state index is 0.118. The van der Waals surface area contributed by atoms with E-state index in [0.717, 1.165) is 17.2 Å². The summed E-state index contributed by atoms with van der Waals surface area (Å²) in [6, 6.07) is 7.96. The number of nitrogens with one attached hydrogen (secondary N) is 1. The molecule has 4 heteroatoms. The van der Waals surface area contributed by atoms with Crippen molar-refractivity contribution in [2.75, 3.05) is 36.5 Å². The van der Waals surface area contributed by atoms with Crippen molar-refractivity contribution in [2.24, 2.45) is 0 Å². The van der Waals surface area contributed by atoms with Crippen LogP contribution in [0.3, 0.4) is 0 Å². The molecule has 1 aromatic rings. The first-order chi connectivity index (χ1) is 10.7. The van der Waals surface area contributed by atoms with Gasteiger partial charge in [-0.15, -0.1) is 0 Å². The first kappa shape index (κ1) is 17.4. The highest BCUT2D eigenvalue weighted by molar-refractivity contribution is 7.99. The van der Waals surface area contributed by atoms with E-state index in [4.69, 9.17) is 0 Å². The van der Waals surface area contributed by atoms with E-state index >= 15 is 0 Å². The standard InChI is InChI=1S/C18H28N2OS/c1-16-7-6-8-17(15-16)19-18(21)9-13-22-14-12-20-10-4-2-3-5-11-20/h6-8,15H,2-5,9-14H2,1H3,(H,19,21). The van der Waals surface area contributed by atoms with Gasteiger partial charge in [-0.05, 0) is 50.6 Å². The summed E-state index contributed by atoms with van der Waals surface area (Å²) in [6.45, 7) is 5.72. The van der Waals surface area contributed by atoms with E-state index < -0.39 is 0 Å². The largest absolute Gasteiger partial charge is 0.326 e. The van der Waals surface area contributed by atoms with Crippen LogP contribution in [-0.4, -0.2) is 41.9 Å². The Balaban J connectivity index is 1.55. The third kappa shape index (κ3) is 6.84. The molecule has 0 radical (unpaired) electrons. The van der Waals surface area contributed by atoms with Gasteiger partial charge in [-0.1, -0.05) is 25.0 Å². The molecule has 1 aliphatic rings. The molecule has 0 saturated carbocycles. The lowest BCUT2D eigenvalue weighted by molar-refractivity contribution is -0.115. The number of aryl methyl sites for hydroxylation is 1. The van der Waals surface area contributed by atoms with Gasteiger partial charge in [0.15, 0.2) is 0 Å². The molecular weight excluding hydrogens is 292 g/mol. The molecule has 1 fully saturated rings. The normalized spacial score (nSPS) is 16.2. The van der Waals surface area contributed by atoms with Gasteiger partial charge in [0, 0.05) is 30.2 Å². The van der Waals surface area contributed by atoms with Crippen LogP contribution in [0.4, 0.5) is 5.69 Å². The molecule has 1 saturated heterocycles. The second kappa shape index (κ2) is 9.90. The van der Waals surface area contributed by atoms with Crippen LogP contribution in [0.2, 0.25) is 0 Å². The highest BCUT2D eigenvalue weighted by Gasteiger charge is 2.08. The molecule has 1 heterocycles. The molecule has 0 spiro atoms. The molecule has 3 nitrogen and oxygen atoms in total. The lowest BCUT2D eigenvalue weighted by atomic mass is 10.2. The van der Waals surface area contributed by atoms with E-state index in [0.29, 0.717) is 6.42 Å². The molecular formula is C18H28N2OS. The first-order valence-electron chi connectivity index (χ1n) is 8.41. The molecule has 0 bridgehead atoms. The minimum absolute atomic E-state index is 0.118. The van der Waals surface area contributed by atoms with Crippen LogP contribution in [0.5, 0.6) is 0 Å². The number of hydrogen-bond acceptors (Lipinski definition) is 3. The highest BCUT2D eigenvalue weighted by Crippen LogP contribution is 2.12. The van der Waals surface area contributed by atoms with E-state index in [-0.39, 0.29) is 5.91 Å². The number of likely N-dealkylation sites (tertiary alicyclic amines) is 1. The number of benzene rings is 1. The van der Waals surface area contributed by atoms with Crippen LogP contribution in [0.25, 0.3) is 0 Å². The Morgan fingerprint density at radius 1 is 1.18 bits per heavy atom. The van der Waals surface area contributed by atoms with Gasteiger partial charge >= 0.3 is 0 Å². The lowest BCUT2D eigenvalue weighted by Crippen LogP contribution is -2.27. The summed E-state index contributed by atoms with van der Waals surface area (Å²) >= 11 is 1.89. The summed E-state index contributed by atoms with van der Waals surface area (Å²) in [5.41, 5.74) is 2.07. The fourth-order valence-corrected chi connectivity index (χ4v) is 3.69. The Labute approximate surface area is 138 Å². The van der Waals surface area contributed by atoms with Crippen LogP contribution in [0.1, 0.15) is 37.7 Å². The fraction of sp³-hybridized carbons (Fsp3) is 0.611. The zero-order valence-electron chi connectivity index (χ0n) is 13.6. The highest BCUT2D eigenvalue weighted by atomic mass is 32.2. The molecule has 0 aliphatic carbocycles. The molecule has 1 aromatic carbocycles. The van der Waals surface area contributed by atoms with E-state index in [1.807, 2.05) is 43.0 Å². The number of hydrogen-bond donors (Lipinski definition) is 1. The Morgan fingerprint density at radius 2 is 1.95 bits per heavy atom. The average molecular weight is 321 g/mol. The maximum Gasteiger partial charge on any atom is 0.225 e. The number of thioether (sulfide) groups is 1. The first-order valence-corrected chi connectivity index (χ1v) is 9.56. The van der Waals surface area contributed by atoms with Crippen molar-refractivity contribution >= 4 is 23.4 Å². The molecule has 0 unspecified atom stereocenters. The zero-order chi connectivity index (χ0) is 15.6. The van der Waals surface area contributed by atoms with E-state index in [2.05, 4.69) is 10.2 Å².